The predicted molar refractivity (Wildman–Crippen MR) is 120 cm³/mol. The van der Waals surface area contributed by atoms with Gasteiger partial charge in [-0.25, -0.2) is 9.97 Å². The zero-order valence-electron chi connectivity index (χ0n) is 18.6. The molecule has 11 heteroatoms. The van der Waals surface area contributed by atoms with Crippen LogP contribution in [0.1, 0.15) is 12.1 Å². The van der Waals surface area contributed by atoms with Crippen LogP contribution in [0.25, 0.3) is 0 Å². The minimum Gasteiger partial charge on any atom is -0.364 e. The van der Waals surface area contributed by atoms with Gasteiger partial charge in [0.25, 0.3) is 0 Å². The number of anilines is 1. The molecule has 172 valence electrons. The molecule has 2 aromatic rings. The third kappa shape index (κ3) is 5.72. The van der Waals surface area contributed by atoms with E-state index in [2.05, 4.69) is 40.1 Å². The molecule has 2 aliphatic heterocycles. The molecule has 11 nitrogen and oxygen atoms in total. The maximum Gasteiger partial charge on any atom is 0.225 e. The molecular formula is C21H31N9O2. The lowest BCUT2D eigenvalue weighted by atomic mass is 10.2. The van der Waals surface area contributed by atoms with Gasteiger partial charge in [0.15, 0.2) is 5.96 Å². The second kappa shape index (κ2) is 10.9. The van der Waals surface area contributed by atoms with Crippen molar-refractivity contribution < 1.29 is 9.32 Å². The van der Waals surface area contributed by atoms with E-state index in [1.54, 1.807) is 25.7 Å². The highest BCUT2D eigenvalue weighted by Crippen LogP contribution is 2.11. The highest BCUT2D eigenvalue weighted by Gasteiger charge is 2.23. The molecule has 2 saturated heterocycles. The summed E-state index contributed by atoms with van der Waals surface area (Å²) in [4.78, 5) is 34.3. The third-order valence-corrected chi connectivity index (χ3v) is 5.85. The van der Waals surface area contributed by atoms with E-state index in [4.69, 9.17) is 4.52 Å². The van der Waals surface area contributed by atoms with Crippen molar-refractivity contribution in [3.05, 3.63) is 36.5 Å². The molecule has 0 saturated carbocycles. The van der Waals surface area contributed by atoms with E-state index in [1.165, 1.54) is 0 Å². The molecule has 0 aromatic carbocycles. The van der Waals surface area contributed by atoms with Gasteiger partial charge in [0.2, 0.25) is 11.9 Å². The molecule has 32 heavy (non-hydrogen) atoms. The van der Waals surface area contributed by atoms with Crippen molar-refractivity contribution in [1.82, 2.24) is 35.1 Å². The van der Waals surface area contributed by atoms with Crippen LogP contribution in [0.3, 0.4) is 0 Å². The third-order valence-electron chi connectivity index (χ3n) is 5.85. The van der Waals surface area contributed by atoms with E-state index >= 15 is 0 Å². The minimum absolute atomic E-state index is 0.166. The summed E-state index contributed by atoms with van der Waals surface area (Å²) in [7, 11) is 1.79. The molecule has 0 atom stereocenters. The first-order chi connectivity index (χ1) is 15.7. The van der Waals surface area contributed by atoms with Gasteiger partial charge in [-0.15, -0.1) is 0 Å². The Morgan fingerprint density at radius 3 is 2.44 bits per heavy atom. The van der Waals surface area contributed by atoms with Gasteiger partial charge in [-0.1, -0.05) is 5.16 Å². The van der Waals surface area contributed by atoms with Gasteiger partial charge in [0, 0.05) is 97.4 Å². The molecule has 2 aliphatic rings. The number of carbonyl (C=O) groups is 1. The van der Waals surface area contributed by atoms with Crippen LogP contribution in [0.2, 0.25) is 0 Å². The van der Waals surface area contributed by atoms with Gasteiger partial charge in [-0.2, -0.15) is 0 Å². The Balaban J connectivity index is 1.15. The first-order valence-electron chi connectivity index (χ1n) is 11.1. The number of piperazine rings is 2. The van der Waals surface area contributed by atoms with Crippen LogP contribution in [0, 0.1) is 0 Å². The summed E-state index contributed by atoms with van der Waals surface area (Å²) in [5, 5.41) is 7.34. The van der Waals surface area contributed by atoms with Crippen LogP contribution in [0.4, 0.5) is 5.95 Å². The van der Waals surface area contributed by atoms with Crippen LogP contribution in [-0.4, -0.2) is 108 Å². The zero-order valence-corrected chi connectivity index (χ0v) is 18.6. The van der Waals surface area contributed by atoms with Crippen LogP contribution >= 0.6 is 0 Å². The number of guanidine groups is 1. The Morgan fingerprint density at radius 1 is 1.06 bits per heavy atom. The molecule has 0 spiro atoms. The Kier molecular flexibility index (Phi) is 7.49. The van der Waals surface area contributed by atoms with Crippen LogP contribution in [0.5, 0.6) is 0 Å². The fourth-order valence-electron chi connectivity index (χ4n) is 4.05. The van der Waals surface area contributed by atoms with E-state index in [0.717, 1.165) is 63.4 Å². The van der Waals surface area contributed by atoms with Crippen molar-refractivity contribution in [2.45, 2.75) is 13.0 Å². The number of nitrogens with zero attached hydrogens (tertiary/aromatic N) is 8. The SMILES string of the molecule is CN=C(NCCC(=O)N1CCN(c2ncccn2)CC1)N1CCN(Cc2ccon2)CC1. The van der Waals surface area contributed by atoms with Crippen molar-refractivity contribution in [3.63, 3.8) is 0 Å². The van der Waals surface area contributed by atoms with E-state index in [1.807, 2.05) is 17.0 Å². The van der Waals surface area contributed by atoms with E-state index in [0.29, 0.717) is 26.1 Å². The summed E-state index contributed by atoms with van der Waals surface area (Å²) >= 11 is 0. The van der Waals surface area contributed by atoms with Gasteiger partial charge in [0.05, 0.1) is 5.69 Å². The highest BCUT2D eigenvalue weighted by molar-refractivity contribution is 5.81. The Labute approximate surface area is 188 Å². The van der Waals surface area contributed by atoms with Gasteiger partial charge >= 0.3 is 0 Å². The fraction of sp³-hybridized carbons (Fsp3) is 0.571. The molecule has 4 heterocycles. The number of aromatic nitrogens is 3. The van der Waals surface area contributed by atoms with E-state index in [-0.39, 0.29) is 5.91 Å². The molecule has 0 aliphatic carbocycles. The number of amides is 1. The zero-order chi connectivity index (χ0) is 22.2. The highest BCUT2D eigenvalue weighted by atomic mass is 16.5. The molecule has 1 N–H and O–H groups in total. The fourth-order valence-corrected chi connectivity index (χ4v) is 4.05. The maximum absolute atomic E-state index is 12.6. The Bertz CT molecular complexity index is 859. The summed E-state index contributed by atoms with van der Waals surface area (Å²) in [5.41, 5.74) is 0.955. The number of nitrogens with one attached hydrogen (secondary N) is 1. The monoisotopic (exact) mass is 441 g/mol. The standard InChI is InChI=1S/C21H31N9O2/c1-22-20(29-10-8-27(9-11-29)17-18-4-16-32-26-18)25-7-3-19(31)28-12-14-30(15-13-28)21-23-5-2-6-24-21/h2,4-6,16H,3,7-15,17H2,1H3,(H,22,25). The molecule has 0 radical (unpaired) electrons. The van der Waals surface area contributed by atoms with Gasteiger partial charge < -0.3 is 24.5 Å². The minimum atomic E-state index is 0.166. The van der Waals surface area contributed by atoms with Crippen LogP contribution < -0.4 is 10.2 Å². The van der Waals surface area contributed by atoms with E-state index < -0.39 is 0 Å². The molecule has 2 aromatic heterocycles. The molecule has 0 unspecified atom stereocenters. The first kappa shape index (κ1) is 22.0. The normalized spacial score (nSPS) is 18.2. The lowest BCUT2D eigenvalue weighted by Crippen LogP contribution is -2.53. The molecule has 1 amide bonds. The van der Waals surface area contributed by atoms with Crippen molar-refractivity contribution >= 4 is 17.8 Å². The average molecular weight is 442 g/mol. The first-order valence-corrected chi connectivity index (χ1v) is 11.1. The summed E-state index contributed by atoms with van der Waals surface area (Å²) in [6.07, 6.45) is 5.55. The van der Waals surface area contributed by atoms with Crippen molar-refractivity contribution in [2.24, 2.45) is 4.99 Å². The van der Waals surface area contributed by atoms with Gasteiger partial charge in [0.1, 0.15) is 6.26 Å². The average Bonchev–Trinajstić information content (AvgIpc) is 3.36. The number of carbonyl (C=O) groups excluding carboxylic acids is 1. The van der Waals surface area contributed by atoms with Crippen LogP contribution in [-0.2, 0) is 11.3 Å². The molecular weight excluding hydrogens is 410 g/mol. The van der Waals surface area contributed by atoms with Crippen molar-refractivity contribution in [3.8, 4) is 0 Å². The largest absolute Gasteiger partial charge is 0.364 e. The Morgan fingerprint density at radius 2 is 1.78 bits per heavy atom. The summed E-state index contributed by atoms with van der Waals surface area (Å²) in [6.45, 7) is 7.90. The second-order valence-electron chi connectivity index (χ2n) is 7.89. The number of hydrogen-bond donors (Lipinski definition) is 1. The quantitative estimate of drug-likeness (QED) is 0.486. The van der Waals surface area contributed by atoms with Gasteiger partial charge in [-0.05, 0) is 6.07 Å². The number of hydrogen-bond acceptors (Lipinski definition) is 8. The lowest BCUT2D eigenvalue weighted by Gasteiger charge is -2.36. The second-order valence-corrected chi connectivity index (χ2v) is 7.89. The molecule has 4 rings (SSSR count). The summed E-state index contributed by atoms with van der Waals surface area (Å²) < 4.78 is 4.91. The topological polar surface area (TPSA) is 106 Å². The Hall–Kier alpha value is -3.21. The number of aliphatic imine (C=N–C) groups is 1. The van der Waals surface area contributed by atoms with Crippen LogP contribution in [0.15, 0.2) is 40.3 Å². The smallest absolute Gasteiger partial charge is 0.225 e. The summed E-state index contributed by atoms with van der Waals surface area (Å²) in [5.74, 6) is 1.75. The molecule has 2 fully saturated rings. The lowest BCUT2D eigenvalue weighted by molar-refractivity contribution is -0.131. The van der Waals surface area contributed by atoms with Crippen molar-refractivity contribution in [1.29, 1.82) is 0 Å². The summed E-state index contributed by atoms with van der Waals surface area (Å²) in [6, 6.07) is 3.71. The maximum atomic E-state index is 12.6. The van der Waals surface area contributed by atoms with Gasteiger partial charge in [-0.3, -0.25) is 14.7 Å². The predicted octanol–water partition coefficient (Wildman–Crippen LogP) is -0.103. The van der Waals surface area contributed by atoms with E-state index in [9.17, 15) is 4.79 Å². The number of rotatable bonds is 6. The molecule has 0 bridgehead atoms. The van der Waals surface area contributed by atoms with Crippen molar-refractivity contribution in [2.75, 3.05) is 70.9 Å².